The Morgan fingerprint density at radius 1 is 0.596 bits per heavy atom. The van der Waals surface area contributed by atoms with Crippen molar-refractivity contribution in [2.24, 2.45) is 0 Å². The number of hydrogen-bond donors (Lipinski definition) is 1. The van der Waals surface area contributed by atoms with E-state index in [1.54, 1.807) is 4.90 Å². The Balaban J connectivity index is 0.000000210. The average Bonchev–Trinajstić information content (AvgIpc) is 3.16. The summed E-state index contributed by atoms with van der Waals surface area (Å²) in [5.41, 5.74) is 7.59. The summed E-state index contributed by atoms with van der Waals surface area (Å²) >= 11 is 0. The van der Waals surface area contributed by atoms with E-state index >= 15 is 0 Å². The number of hydrogen-bond acceptors (Lipinski definition) is 5. The van der Waals surface area contributed by atoms with Gasteiger partial charge in [0.15, 0.2) is 0 Å². The van der Waals surface area contributed by atoms with Gasteiger partial charge in [-0.3, -0.25) is 14.4 Å². The van der Waals surface area contributed by atoms with Crippen molar-refractivity contribution in [3.8, 4) is 23.7 Å². The van der Waals surface area contributed by atoms with Crippen LogP contribution in [0.5, 0.6) is 0 Å². The van der Waals surface area contributed by atoms with Crippen molar-refractivity contribution < 1.29 is 19.1 Å². The van der Waals surface area contributed by atoms with Gasteiger partial charge in [-0.1, -0.05) is 97.7 Å². The van der Waals surface area contributed by atoms with Gasteiger partial charge in [0, 0.05) is 54.5 Å². The first-order valence-electron chi connectivity index (χ1n) is 18.2. The molecule has 266 valence electrons. The minimum absolute atomic E-state index is 0.0130. The van der Waals surface area contributed by atoms with Crippen LogP contribution in [0.15, 0.2) is 97.1 Å². The van der Waals surface area contributed by atoms with Crippen molar-refractivity contribution in [2.45, 2.75) is 65.0 Å². The maximum absolute atomic E-state index is 13.1. The van der Waals surface area contributed by atoms with Crippen LogP contribution in [0.25, 0.3) is 0 Å². The van der Waals surface area contributed by atoms with E-state index in [2.05, 4.69) is 42.0 Å². The van der Waals surface area contributed by atoms with Gasteiger partial charge in [0.2, 0.25) is 11.8 Å². The molecule has 2 heterocycles. The summed E-state index contributed by atoms with van der Waals surface area (Å²) in [5.74, 6) is 13.2. The first kappa shape index (κ1) is 37.8. The molecular weight excluding hydrogens is 647 g/mol. The van der Waals surface area contributed by atoms with E-state index in [0.29, 0.717) is 58.4 Å². The fourth-order valence-corrected chi connectivity index (χ4v) is 6.04. The summed E-state index contributed by atoms with van der Waals surface area (Å²) < 4.78 is 5.39. The van der Waals surface area contributed by atoms with Gasteiger partial charge in [-0.25, -0.2) is 0 Å². The predicted octanol–water partition coefficient (Wildman–Crippen LogP) is 7.42. The van der Waals surface area contributed by atoms with Crippen LogP contribution in [0.4, 0.5) is 11.4 Å². The number of amides is 2. The summed E-state index contributed by atoms with van der Waals surface area (Å²) in [6.07, 6.45) is 4.19. The van der Waals surface area contributed by atoms with E-state index in [0.717, 1.165) is 64.1 Å². The number of nitrogens with zero attached hydrogens (tertiary/aromatic N) is 2. The van der Waals surface area contributed by atoms with Crippen molar-refractivity contribution >= 4 is 29.0 Å². The van der Waals surface area contributed by atoms with Gasteiger partial charge < -0.3 is 19.9 Å². The summed E-state index contributed by atoms with van der Waals surface area (Å²) in [6, 6.07) is 31.6. The van der Waals surface area contributed by atoms with Crippen molar-refractivity contribution in [1.29, 1.82) is 0 Å². The van der Waals surface area contributed by atoms with E-state index in [4.69, 9.17) is 4.74 Å². The highest BCUT2D eigenvalue weighted by atomic mass is 16.5. The van der Waals surface area contributed by atoms with Crippen LogP contribution >= 0.6 is 0 Å². The van der Waals surface area contributed by atoms with E-state index in [-0.39, 0.29) is 17.6 Å². The molecule has 6 rings (SSSR count). The maximum atomic E-state index is 13.1. The Hall–Kier alpha value is -5.47. The number of ether oxygens (including phenoxy) is 1. The second-order valence-corrected chi connectivity index (χ2v) is 12.8. The van der Waals surface area contributed by atoms with Gasteiger partial charge in [-0.2, -0.15) is 0 Å². The summed E-state index contributed by atoms with van der Waals surface area (Å²) in [5, 5.41) is 3.00. The Bertz CT molecular complexity index is 1980. The van der Waals surface area contributed by atoms with E-state index < -0.39 is 0 Å². The number of likely N-dealkylation sites (N-methyl/N-ethyl adjacent to an activating group) is 1. The lowest BCUT2D eigenvalue weighted by Gasteiger charge is -2.26. The molecule has 0 saturated carbocycles. The van der Waals surface area contributed by atoms with Gasteiger partial charge in [-0.05, 0) is 67.4 Å². The highest BCUT2D eigenvalue weighted by Gasteiger charge is 2.22. The minimum Gasteiger partial charge on any atom is -0.380 e. The summed E-state index contributed by atoms with van der Waals surface area (Å²) in [4.78, 5) is 41.5. The van der Waals surface area contributed by atoms with Crippen LogP contribution in [0, 0.1) is 23.7 Å². The van der Waals surface area contributed by atoms with Crippen molar-refractivity contribution in [2.75, 3.05) is 36.6 Å². The number of rotatable bonds is 13. The van der Waals surface area contributed by atoms with Gasteiger partial charge in [-0.15, -0.1) is 0 Å². The summed E-state index contributed by atoms with van der Waals surface area (Å²) in [6.45, 7) is 4.98. The van der Waals surface area contributed by atoms with Crippen LogP contribution in [0.3, 0.4) is 0 Å². The minimum atomic E-state index is 0.0130. The largest absolute Gasteiger partial charge is 0.380 e. The topological polar surface area (TPSA) is 79.0 Å². The zero-order valence-electron chi connectivity index (χ0n) is 30.3. The molecule has 7 nitrogen and oxygen atoms in total. The number of carbonyl (C=O) groups is 3. The van der Waals surface area contributed by atoms with Crippen LogP contribution in [0.2, 0.25) is 0 Å². The molecule has 7 heteroatoms. The van der Waals surface area contributed by atoms with E-state index in [9.17, 15) is 14.4 Å². The van der Waals surface area contributed by atoms with Crippen LogP contribution in [-0.4, -0.2) is 44.4 Å². The third kappa shape index (κ3) is 10.5. The number of nitrogens with one attached hydrogen (secondary N) is 1. The lowest BCUT2D eigenvalue weighted by Crippen LogP contribution is -2.31. The molecule has 0 aromatic heterocycles. The number of para-hydroxylation sites is 2. The summed E-state index contributed by atoms with van der Waals surface area (Å²) in [7, 11) is 1.86. The number of fused-ring (bicyclic) bond motifs is 4. The Morgan fingerprint density at radius 3 is 1.58 bits per heavy atom. The lowest BCUT2D eigenvalue weighted by molar-refractivity contribution is -0.121. The Labute approximate surface area is 308 Å². The molecule has 2 aliphatic heterocycles. The molecular formula is C45H47N3O4. The molecule has 0 spiro atoms. The number of unbranched alkanes of at least 4 members (excludes halogenated alkanes) is 1. The average molecular weight is 694 g/mol. The quantitative estimate of drug-likeness (QED) is 0.117. The zero-order valence-corrected chi connectivity index (χ0v) is 30.3. The normalized spacial score (nSPS) is 12.2. The standard InChI is InChI=1S/C25H28N2O3.C20H19NO/c1-26-16-18-30-17-15-23(28)10-6-12-25(29)27-19-22-9-3-2-7-20(22)13-14-21-8-4-5-11-24(21)27;1-2-3-12-20(22)21-15-18-10-5-4-8-16(18)13-14-17-9-6-7-11-19(17)21/h2-5,7-9,11,26H,6,10,12,15-19H2,1H3;4-11H,2-3,12,15H2,1H3. The van der Waals surface area contributed by atoms with Gasteiger partial charge in [0.05, 0.1) is 37.7 Å². The number of benzene rings is 4. The maximum Gasteiger partial charge on any atom is 0.227 e. The smallest absolute Gasteiger partial charge is 0.227 e. The molecule has 2 amide bonds. The van der Waals surface area contributed by atoms with Crippen LogP contribution in [-0.2, 0) is 32.2 Å². The predicted molar refractivity (Wildman–Crippen MR) is 208 cm³/mol. The van der Waals surface area contributed by atoms with Crippen molar-refractivity contribution in [1.82, 2.24) is 5.32 Å². The first-order chi connectivity index (χ1) is 25.5. The number of ketones is 1. The molecule has 0 fully saturated rings. The second kappa shape index (κ2) is 19.8. The first-order valence-corrected chi connectivity index (χ1v) is 18.2. The monoisotopic (exact) mass is 693 g/mol. The second-order valence-electron chi connectivity index (χ2n) is 12.8. The molecule has 1 N–H and O–H groups in total. The van der Waals surface area contributed by atoms with Crippen molar-refractivity contribution in [3.63, 3.8) is 0 Å². The molecule has 52 heavy (non-hydrogen) atoms. The van der Waals surface area contributed by atoms with Crippen LogP contribution in [0.1, 0.15) is 85.3 Å². The zero-order chi connectivity index (χ0) is 36.5. The fraction of sp³-hybridized carbons (Fsp3) is 0.311. The Kier molecular flexibility index (Phi) is 14.4. The molecule has 4 aromatic carbocycles. The fourth-order valence-electron chi connectivity index (χ4n) is 6.04. The molecule has 4 aromatic rings. The molecule has 0 unspecified atom stereocenters. The number of carbonyl (C=O) groups excluding carboxylic acids is 3. The Morgan fingerprint density at radius 2 is 1.06 bits per heavy atom. The lowest BCUT2D eigenvalue weighted by atomic mass is 10.0. The third-order valence-corrected chi connectivity index (χ3v) is 8.96. The van der Waals surface area contributed by atoms with Crippen molar-refractivity contribution in [3.05, 3.63) is 130 Å². The highest BCUT2D eigenvalue weighted by Crippen LogP contribution is 2.28. The molecule has 0 bridgehead atoms. The number of Topliss-reactive ketones (excluding diaryl/α,β-unsaturated/α-hetero) is 1. The van der Waals surface area contributed by atoms with Gasteiger partial charge in [0.1, 0.15) is 5.78 Å². The van der Waals surface area contributed by atoms with E-state index in [1.807, 2.05) is 103 Å². The molecule has 0 atom stereocenters. The molecule has 0 saturated heterocycles. The molecule has 2 aliphatic rings. The number of anilines is 2. The van der Waals surface area contributed by atoms with Crippen LogP contribution < -0.4 is 15.1 Å². The highest BCUT2D eigenvalue weighted by molar-refractivity contribution is 5.96. The van der Waals surface area contributed by atoms with Gasteiger partial charge >= 0.3 is 0 Å². The SMILES string of the molecule is CCCCC(=O)N1Cc2ccccc2C#Cc2ccccc21.CNCCOCCC(=O)CCCC(=O)N1Cc2ccccc2C#Cc2ccccc21. The van der Waals surface area contributed by atoms with Gasteiger partial charge in [0.25, 0.3) is 0 Å². The van der Waals surface area contributed by atoms with E-state index in [1.165, 1.54) is 0 Å². The molecule has 0 aliphatic carbocycles. The third-order valence-electron chi connectivity index (χ3n) is 8.96. The molecule has 0 radical (unpaired) electrons.